The highest BCUT2D eigenvalue weighted by atomic mass is 35.5. The van der Waals surface area contributed by atoms with Gasteiger partial charge in [0.25, 0.3) is 0 Å². The fourth-order valence-electron chi connectivity index (χ4n) is 3.49. The molecule has 4 rings (SSSR count). The first-order chi connectivity index (χ1) is 15.0. The highest BCUT2D eigenvalue weighted by Crippen LogP contribution is 2.29. The van der Waals surface area contributed by atoms with Crippen molar-refractivity contribution in [2.45, 2.75) is 36.7 Å². The van der Waals surface area contributed by atoms with Crippen LogP contribution < -0.4 is 5.32 Å². The van der Waals surface area contributed by atoms with E-state index in [2.05, 4.69) is 20.4 Å². The highest BCUT2D eigenvalue weighted by molar-refractivity contribution is 8.00. The van der Waals surface area contributed by atoms with Gasteiger partial charge >= 0.3 is 0 Å². The molecular formula is C22H23Cl2N5OS. The molecule has 2 heterocycles. The number of anilines is 1. The molecule has 162 valence electrons. The number of amides is 1. The molecule has 1 aromatic heterocycles. The SMILES string of the molecule is CC(Sc1nnc(CN2CCCC2)n1-c1ccccc1)C(=O)Nc1ccc(Cl)cc1Cl. The van der Waals surface area contributed by atoms with Gasteiger partial charge in [-0.1, -0.05) is 53.2 Å². The summed E-state index contributed by atoms with van der Waals surface area (Å²) in [6, 6.07) is 15.0. The van der Waals surface area contributed by atoms with Gasteiger partial charge in [-0.05, 0) is 63.2 Å². The monoisotopic (exact) mass is 475 g/mol. The van der Waals surface area contributed by atoms with Gasteiger partial charge in [-0.15, -0.1) is 10.2 Å². The third-order valence-electron chi connectivity index (χ3n) is 5.12. The first kappa shape index (κ1) is 22.1. The smallest absolute Gasteiger partial charge is 0.237 e. The van der Waals surface area contributed by atoms with Gasteiger partial charge in [-0.3, -0.25) is 14.3 Å². The van der Waals surface area contributed by atoms with Crippen LogP contribution in [0.15, 0.2) is 53.7 Å². The zero-order chi connectivity index (χ0) is 21.8. The molecule has 1 aliphatic heterocycles. The molecule has 1 unspecified atom stereocenters. The molecular weight excluding hydrogens is 453 g/mol. The Kier molecular flexibility index (Phi) is 7.17. The number of hydrogen-bond donors (Lipinski definition) is 1. The first-order valence-electron chi connectivity index (χ1n) is 10.2. The number of benzene rings is 2. The van der Waals surface area contributed by atoms with Crippen molar-refractivity contribution in [3.8, 4) is 5.69 Å². The number of carbonyl (C=O) groups is 1. The zero-order valence-electron chi connectivity index (χ0n) is 17.1. The molecule has 9 heteroatoms. The number of likely N-dealkylation sites (tertiary alicyclic amines) is 1. The van der Waals surface area contributed by atoms with Gasteiger partial charge in [0.2, 0.25) is 5.91 Å². The van der Waals surface area contributed by atoms with Crippen molar-refractivity contribution in [3.63, 3.8) is 0 Å². The number of aromatic nitrogens is 3. The quantitative estimate of drug-likeness (QED) is 0.470. The number of hydrogen-bond acceptors (Lipinski definition) is 5. The third kappa shape index (κ3) is 5.41. The first-order valence-corrected chi connectivity index (χ1v) is 11.8. The van der Waals surface area contributed by atoms with Crippen molar-refractivity contribution in [3.05, 3.63) is 64.4 Å². The molecule has 1 saturated heterocycles. The average Bonchev–Trinajstić information content (AvgIpc) is 3.41. The fourth-order valence-corrected chi connectivity index (χ4v) is 4.84. The van der Waals surface area contributed by atoms with Gasteiger partial charge in [0.05, 0.1) is 22.5 Å². The number of nitrogens with zero attached hydrogens (tertiary/aromatic N) is 4. The molecule has 0 saturated carbocycles. The summed E-state index contributed by atoms with van der Waals surface area (Å²) >= 11 is 13.5. The molecule has 31 heavy (non-hydrogen) atoms. The van der Waals surface area contributed by atoms with Crippen molar-refractivity contribution in [2.75, 3.05) is 18.4 Å². The number of thioether (sulfide) groups is 1. The van der Waals surface area contributed by atoms with E-state index in [9.17, 15) is 4.79 Å². The lowest BCUT2D eigenvalue weighted by atomic mass is 10.3. The minimum absolute atomic E-state index is 0.169. The summed E-state index contributed by atoms with van der Waals surface area (Å²) in [7, 11) is 0. The maximum atomic E-state index is 12.8. The van der Waals surface area contributed by atoms with E-state index in [1.54, 1.807) is 18.2 Å². The molecule has 2 aromatic carbocycles. The van der Waals surface area contributed by atoms with Gasteiger partial charge in [-0.25, -0.2) is 0 Å². The van der Waals surface area contributed by atoms with Crippen LogP contribution in [-0.2, 0) is 11.3 Å². The minimum atomic E-state index is -0.405. The lowest BCUT2D eigenvalue weighted by Gasteiger charge is -2.17. The number of para-hydroxylation sites is 1. The number of nitrogens with one attached hydrogen (secondary N) is 1. The van der Waals surface area contributed by atoms with Crippen LogP contribution in [0.3, 0.4) is 0 Å². The highest BCUT2D eigenvalue weighted by Gasteiger charge is 2.23. The molecule has 0 spiro atoms. The summed E-state index contributed by atoms with van der Waals surface area (Å²) in [5.74, 6) is 0.710. The maximum Gasteiger partial charge on any atom is 0.237 e. The van der Waals surface area contributed by atoms with Gasteiger partial charge in [0.1, 0.15) is 0 Å². The van der Waals surface area contributed by atoms with E-state index in [0.29, 0.717) is 20.9 Å². The van der Waals surface area contributed by atoms with Crippen LogP contribution in [-0.4, -0.2) is 43.9 Å². The Labute approximate surface area is 195 Å². The predicted octanol–water partition coefficient (Wildman–Crippen LogP) is 5.29. The van der Waals surface area contributed by atoms with Crippen LogP contribution in [0, 0.1) is 0 Å². The summed E-state index contributed by atoms with van der Waals surface area (Å²) in [5, 5.41) is 12.9. The van der Waals surface area contributed by atoms with Gasteiger partial charge in [0, 0.05) is 10.7 Å². The number of halogens is 2. The van der Waals surface area contributed by atoms with E-state index in [-0.39, 0.29) is 5.91 Å². The molecule has 1 atom stereocenters. The van der Waals surface area contributed by atoms with Crippen molar-refractivity contribution in [1.29, 1.82) is 0 Å². The summed E-state index contributed by atoms with van der Waals surface area (Å²) in [6.45, 7) is 4.73. The number of rotatable bonds is 7. The van der Waals surface area contributed by atoms with Crippen molar-refractivity contribution in [2.24, 2.45) is 0 Å². The van der Waals surface area contributed by atoms with E-state index < -0.39 is 5.25 Å². The lowest BCUT2D eigenvalue weighted by molar-refractivity contribution is -0.115. The topological polar surface area (TPSA) is 63.1 Å². The Morgan fingerprint density at radius 3 is 2.58 bits per heavy atom. The molecule has 1 N–H and O–H groups in total. The van der Waals surface area contributed by atoms with Crippen LogP contribution in [0.25, 0.3) is 5.69 Å². The average molecular weight is 476 g/mol. The van der Waals surface area contributed by atoms with E-state index in [0.717, 1.165) is 31.1 Å². The second kappa shape index (κ2) is 10.0. The Hall–Kier alpha value is -2.06. The fraction of sp³-hybridized carbons (Fsp3) is 0.318. The van der Waals surface area contributed by atoms with Crippen molar-refractivity contribution in [1.82, 2.24) is 19.7 Å². The summed E-state index contributed by atoms with van der Waals surface area (Å²) in [5.41, 5.74) is 1.51. The molecule has 6 nitrogen and oxygen atoms in total. The summed E-state index contributed by atoms with van der Waals surface area (Å²) in [4.78, 5) is 15.2. The molecule has 1 fully saturated rings. The minimum Gasteiger partial charge on any atom is -0.324 e. The lowest BCUT2D eigenvalue weighted by Crippen LogP contribution is -2.23. The van der Waals surface area contributed by atoms with Crippen LogP contribution in [0.5, 0.6) is 0 Å². The predicted molar refractivity (Wildman–Crippen MR) is 126 cm³/mol. The molecule has 0 aliphatic carbocycles. The Balaban J connectivity index is 1.54. The molecule has 1 aliphatic rings. The normalized spacial score (nSPS) is 15.2. The molecule has 0 radical (unpaired) electrons. The van der Waals surface area contributed by atoms with Crippen molar-refractivity contribution < 1.29 is 4.79 Å². The summed E-state index contributed by atoms with van der Waals surface area (Å²) < 4.78 is 2.04. The van der Waals surface area contributed by atoms with Crippen LogP contribution in [0.4, 0.5) is 5.69 Å². The van der Waals surface area contributed by atoms with Crippen molar-refractivity contribution >= 4 is 46.6 Å². The largest absolute Gasteiger partial charge is 0.324 e. The maximum absolute atomic E-state index is 12.8. The van der Waals surface area contributed by atoms with E-state index in [1.807, 2.05) is 41.8 Å². The van der Waals surface area contributed by atoms with Gasteiger partial charge in [0.15, 0.2) is 11.0 Å². The van der Waals surface area contributed by atoms with Gasteiger partial charge < -0.3 is 5.32 Å². The van der Waals surface area contributed by atoms with Gasteiger partial charge in [-0.2, -0.15) is 0 Å². The Morgan fingerprint density at radius 1 is 1.13 bits per heavy atom. The Bertz CT molecular complexity index is 1050. The second-order valence-corrected chi connectivity index (χ2v) is 9.58. The zero-order valence-corrected chi connectivity index (χ0v) is 19.4. The van der Waals surface area contributed by atoms with E-state index in [4.69, 9.17) is 23.2 Å². The molecule has 3 aromatic rings. The molecule has 1 amide bonds. The second-order valence-electron chi connectivity index (χ2n) is 7.43. The summed E-state index contributed by atoms with van der Waals surface area (Å²) in [6.07, 6.45) is 2.43. The standard InChI is InChI=1S/C22H23Cl2N5OS/c1-15(21(30)25-19-10-9-16(23)13-18(19)24)31-22-27-26-20(14-28-11-5-6-12-28)29(22)17-7-3-2-4-8-17/h2-4,7-10,13,15H,5-6,11-12,14H2,1H3,(H,25,30). The molecule has 0 bridgehead atoms. The van der Waals surface area contributed by atoms with E-state index >= 15 is 0 Å². The third-order valence-corrected chi connectivity index (χ3v) is 6.71. The van der Waals surface area contributed by atoms with E-state index in [1.165, 1.54) is 24.6 Å². The van der Waals surface area contributed by atoms with Crippen LogP contribution in [0.1, 0.15) is 25.6 Å². The van der Waals surface area contributed by atoms with Crippen LogP contribution in [0.2, 0.25) is 10.0 Å². The van der Waals surface area contributed by atoms with Crippen LogP contribution >= 0.6 is 35.0 Å². The number of carbonyl (C=O) groups excluding carboxylic acids is 1. The Morgan fingerprint density at radius 2 is 1.87 bits per heavy atom.